The maximum Gasteiger partial charge on any atom is 0.130 e. The lowest BCUT2D eigenvalue weighted by Crippen LogP contribution is -2.16. The summed E-state index contributed by atoms with van der Waals surface area (Å²) in [7, 11) is -1.34. The molecule has 0 amide bonds. The molecular formula is C20H23N3Si. The van der Waals surface area contributed by atoms with Crippen LogP contribution in [0.3, 0.4) is 0 Å². The first-order valence-electron chi connectivity index (χ1n) is 8.43. The van der Waals surface area contributed by atoms with Crippen molar-refractivity contribution < 1.29 is 0 Å². The quantitative estimate of drug-likeness (QED) is 0.649. The van der Waals surface area contributed by atoms with E-state index in [9.17, 15) is 0 Å². The average Bonchev–Trinajstić information content (AvgIpc) is 3.22. The maximum absolute atomic E-state index is 4.52. The van der Waals surface area contributed by atoms with Gasteiger partial charge in [-0.25, -0.2) is 4.98 Å². The van der Waals surface area contributed by atoms with Crippen LogP contribution in [-0.2, 0) is 0 Å². The van der Waals surface area contributed by atoms with Crippen LogP contribution in [0, 0.1) is 23.3 Å². The summed E-state index contributed by atoms with van der Waals surface area (Å²) in [5.74, 6) is 10.1. The van der Waals surface area contributed by atoms with Crippen molar-refractivity contribution in [2.24, 2.45) is 0 Å². The minimum atomic E-state index is -1.34. The van der Waals surface area contributed by atoms with E-state index in [1.54, 1.807) is 0 Å². The van der Waals surface area contributed by atoms with Gasteiger partial charge in [0.1, 0.15) is 13.9 Å². The van der Waals surface area contributed by atoms with Crippen LogP contribution in [0.15, 0.2) is 30.5 Å². The van der Waals surface area contributed by atoms with Crippen molar-refractivity contribution in [2.75, 3.05) is 6.54 Å². The minimum Gasteiger partial charge on any atom is -0.341 e. The topological polar surface area (TPSA) is 40.7 Å². The average molecular weight is 334 g/mol. The van der Waals surface area contributed by atoms with Gasteiger partial charge in [0.05, 0.1) is 17.9 Å². The van der Waals surface area contributed by atoms with Crippen molar-refractivity contribution in [2.45, 2.75) is 38.5 Å². The Balaban J connectivity index is 1.70. The second-order valence-corrected chi connectivity index (χ2v) is 11.9. The summed E-state index contributed by atoms with van der Waals surface area (Å²) in [6.07, 6.45) is 4.28. The molecule has 0 aliphatic carbocycles. The molecular weight excluding hydrogens is 310 g/mol. The van der Waals surface area contributed by atoms with Crippen LogP contribution in [0.25, 0.3) is 11.3 Å². The smallest absolute Gasteiger partial charge is 0.130 e. The van der Waals surface area contributed by atoms with Gasteiger partial charge in [0.15, 0.2) is 0 Å². The molecule has 3 nitrogen and oxygen atoms in total. The third-order valence-electron chi connectivity index (χ3n) is 3.89. The van der Waals surface area contributed by atoms with Crippen molar-refractivity contribution in [1.82, 2.24) is 15.3 Å². The Morgan fingerprint density at radius 1 is 1.12 bits per heavy atom. The maximum atomic E-state index is 4.52. The van der Waals surface area contributed by atoms with Gasteiger partial charge in [-0.2, -0.15) is 0 Å². The molecule has 122 valence electrons. The Bertz CT molecular complexity index is 814. The largest absolute Gasteiger partial charge is 0.341 e. The molecule has 0 spiro atoms. The van der Waals surface area contributed by atoms with E-state index in [1.807, 2.05) is 18.3 Å². The van der Waals surface area contributed by atoms with Gasteiger partial charge >= 0.3 is 0 Å². The first kappa shape index (κ1) is 16.6. The highest BCUT2D eigenvalue weighted by atomic mass is 28.3. The van der Waals surface area contributed by atoms with Crippen LogP contribution < -0.4 is 5.32 Å². The molecule has 1 aliphatic heterocycles. The number of imidazole rings is 1. The third-order valence-corrected chi connectivity index (χ3v) is 4.76. The van der Waals surface area contributed by atoms with Crippen molar-refractivity contribution in [3.8, 4) is 34.6 Å². The highest BCUT2D eigenvalue weighted by molar-refractivity contribution is 6.83. The highest BCUT2D eigenvalue weighted by Crippen LogP contribution is 2.24. The molecule has 0 bridgehead atoms. The predicted molar refractivity (Wildman–Crippen MR) is 102 cm³/mol. The summed E-state index contributed by atoms with van der Waals surface area (Å²) in [6, 6.07) is 8.60. The van der Waals surface area contributed by atoms with Crippen LogP contribution in [0.5, 0.6) is 0 Å². The lowest BCUT2D eigenvalue weighted by molar-refractivity contribution is 0.613. The number of rotatable bonds is 2. The van der Waals surface area contributed by atoms with Crippen LogP contribution in [-0.4, -0.2) is 24.6 Å². The zero-order chi connectivity index (χ0) is 17.0. The van der Waals surface area contributed by atoms with Gasteiger partial charge in [-0.1, -0.05) is 37.7 Å². The first-order valence-corrected chi connectivity index (χ1v) is 11.9. The van der Waals surface area contributed by atoms with Crippen LogP contribution in [0.2, 0.25) is 19.6 Å². The number of nitrogens with one attached hydrogen (secondary N) is 2. The van der Waals surface area contributed by atoms with Gasteiger partial charge in [0.2, 0.25) is 0 Å². The molecule has 2 aromatic rings. The number of benzene rings is 1. The summed E-state index contributed by atoms with van der Waals surface area (Å²) in [5.41, 5.74) is 6.42. The van der Waals surface area contributed by atoms with E-state index in [0.717, 1.165) is 35.6 Å². The minimum absolute atomic E-state index is 0.369. The SMILES string of the molecule is C[Si](C)(C)C#CC#Cc1ccc(-c2cnc([C@@H]3CCCN3)[nH]2)cc1. The number of H-pyrrole nitrogens is 1. The highest BCUT2D eigenvalue weighted by Gasteiger charge is 2.19. The predicted octanol–water partition coefficient (Wildman–Crippen LogP) is 3.73. The van der Waals surface area contributed by atoms with Gasteiger partial charge in [-0.15, -0.1) is 5.54 Å². The van der Waals surface area contributed by atoms with E-state index in [4.69, 9.17) is 0 Å². The fraction of sp³-hybridized carbons (Fsp3) is 0.350. The van der Waals surface area contributed by atoms with E-state index in [2.05, 4.69) is 70.4 Å². The standard InChI is InChI=1S/C20H23N3Si/c1-24(2,3)14-5-4-7-16-9-11-17(12-10-16)19-15-22-20(23-19)18-8-6-13-21-18/h9-12,15,18,21H,6,8,13H2,1-3H3,(H,22,23)/t18-/m0/s1. The lowest BCUT2D eigenvalue weighted by Gasteiger charge is -2.05. The normalized spacial score (nSPS) is 16.9. The molecule has 4 heteroatoms. The van der Waals surface area contributed by atoms with Crippen molar-refractivity contribution in [1.29, 1.82) is 0 Å². The second-order valence-electron chi connectivity index (χ2n) is 7.16. The van der Waals surface area contributed by atoms with E-state index in [-0.39, 0.29) is 0 Å². The lowest BCUT2D eigenvalue weighted by atomic mass is 10.1. The van der Waals surface area contributed by atoms with Crippen LogP contribution in [0.1, 0.15) is 30.3 Å². The van der Waals surface area contributed by atoms with E-state index in [0.29, 0.717) is 6.04 Å². The van der Waals surface area contributed by atoms with Crippen LogP contribution >= 0.6 is 0 Å². The molecule has 0 saturated carbocycles. The Morgan fingerprint density at radius 3 is 2.58 bits per heavy atom. The fourth-order valence-electron chi connectivity index (χ4n) is 2.63. The summed E-state index contributed by atoms with van der Waals surface area (Å²) in [5, 5.41) is 3.46. The Kier molecular flexibility index (Phi) is 4.90. The summed E-state index contributed by atoms with van der Waals surface area (Å²) >= 11 is 0. The van der Waals surface area contributed by atoms with Crippen molar-refractivity contribution in [3.05, 3.63) is 41.9 Å². The Hall–Kier alpha value is -2.27. The number of hydrogen-bond donors (Lipinski definition) is 2. The molecule has 1 aliphatic rings. The molecule has 0 unspecified atom stereocenters. The van der Waals surface area contributed by atoms with Gasteiger partial charge in [0.25, 0.3) is 0 Å². The van der Waals surface area contributed by atoms with Gasteiger partial charge in [-0.3, -0.25) is 0 Å². The molecule has 3 rings (SSSR count). The molecule has 1 aromatic heterocycles. The Morgan fingerprint density at radius 2 is 1.92 bits per heavy atom. The molecule has 2 heterocycles. The van der Waals surface area contributed by atoms with Crippen molar-refractivity contribution in [3.63, 3.8) is 0 Å². The second kappa shape index (κ2) is 7.09. The molecule has 0 radical (unpaired) electrons. The summed E-state index contributed by atoms with van der Waals surface area (Å²) in [4.78, 5) is 7.95. The van der Waals surface area contributed by atoms with E-state index >= 15 is 0 Å². The zero-order valence-corrected chi connectivity index (χ0v) is 15.5. The van der Waals surface area contributed by atoms with Gasteiger partial charge in [-0.05, 0) is 48.9 Å². The zero-order valence-electron chi connectivity index (χ0n) is 14.5. The number of aromatic amines is 1. The number of nitrogens with zero attached hydrogens (tertiary/aromatic N) is 1. The molecule has 1 saturated heterocycles. The monoisotopic (exact) mass is 333 g/mol. The molecule has 1 fully saturated rings. The van der Waals surface area contributed by atoms with Gasteiger partial charge in [0, 0.05) is 5.56 Å². The molecule has 24 heavy (non-hydrogen) atoms. The van der Waals surface area contributed by atoms with Crippen LogP contribution in [0.4, 0.5) is 0 Å². The molecule has 2 N–H and O–H groups in total. The summed E-state index contributed by atoms with van der Waals surface area (Å²) in [6.45, 7) is 7.73. The molecule has 1 atom stereocenters. The number of aromatic nitrogens is 2. The Labute approximate surface area is 145 Å². The third kappa shape index (κ3) is 4.38. The van der Waals surface area contributed by atoms with E-state index < -0.39 is 8.07 Å². The summed E-state index contributed by atoms with van der Waals surface area (Å²) < 4.78 is 0. The first-order chi connectivity index (χ1) is 11.5. The van der Waals surface area contributed by atoms with Crippen molar-refractivity contribution >= 4 is 8.07 Å². The molecule has 1 aromatic carbocycles. The van der Waals surface area contributed by atoms with E-state index in [1.165, 1.54) is 6.42 Å². The van der Waals surface area contributed by atoms with Gasteiger partial charge < -0.3 is 10.3 Å². The fourth-order valence-corrected chi connectivity index (χ4v) is 3.07. The number of hydrogen-bond acceptors (Lipinski definition) is 2.